The standard InChI is InChI=1S/C19H17Cl2N3O2/c1-11-6-12(2)18(15(21)7-11)23-10-13(9-22)19(25)24-16-8-14(20)4-5-17(16)26-3/h4-8,10,23H,1-3H3,(H,24,25)/b13-10-. The molecule has 0 spiro atoms. The van der Waals surface area contributed by atoms with Crippen molar-refractivity contribution in [3.63, 3.8) is 0 Å². The van der Waals surface area contributed by atoms with E-state index in [1.54, 1.807) is 24.3 Å². The molecule has 2 N–H and O–H groups in total. The van der Waals surface area contributed by atoms with Gasteiger partial charge in [-0.1, -0.05) is 29.3 Å². The van der Waals surface area contributed by atoms with Crippen LogP contribution in [0.3, 0.4) is 0 Å². The van der Waals surface area contributed by atoms with E-state index in [0.29, 0.717) is 27.2 Å². The van der Waals surface area contributed by atoms with E-state index in [0.717, 1.165) is 11.1 Å². The number of rotatable bonds is 5. The van der Waals surface area contributed by atoms with E-state index in [2.05, 4.69) is 10.6 Å². The number of nitriles is 1. The predicted molar refractivity (Wildman–Crippen MR) is 105 cm³/mol. The molecule has 5 nitrogen and oxygen atoms in total. The van der Waals surface area contributed by atoms with Crippen molar-refractivity contribution in [3.8, 4) is 11.8 Å². The number of nitrogens with zero attached hydrogens (tertiary/aromatic N) is 1. The lowest BCUT2D eigenvalue weighted by Gasteiger charge is -2.11. The van der Waals surface area contributed by atoms with Crippen LogP contribution in [-0.2, 0) is 4.79 Å². The Bertz CT molecular complexity index is 894. The highest BCUT2D eigenvalue weighted by molar-refractivity contribution is 6.33. The molecule has 2 aromatic rings. The number of ether oxygens (including phenoxy) is 1. The molecule has 26 heavy (non-hydrogen) atoms. The third-order valence-electron chi connectivity index (χ3n) is 3.57. The molecule has 0 aliphatic heterocycles. The molecule has 0 saturated carbocycles. The summed E-state index contributed by atoms with van der Waals surface area (Å²) in [5.41, 5.74) is 2.81. The normalized spacial score (nSPS) is 10.8. The van der Waals surface area contributed by atoms with Gasteiger partial charge in [0.1, 0.15) is 17.4 Å². The van der Waals surface area contributed by atoms with Gasteiger partial charge >= 0.3 is 0 Å². The number of aryl methyl sites for hydroxylation is 2. The molecule has 0 fully saturated rings. The Kier molecular flexibility index (Phi) is 6.51. The largest absolute Gasteiger partial charge is 0.495 e. The number of carbonyl (C=O) groups excluding carboxylic acids is 1. The first-order valence-corrected chi connectivity index (χ1v) is 8.39. The third kappa shape index (κ3) is 4.69. The van der Waals surface area contributed by atoms with Crippen LogP contribution < -0.4 is 15.4 Å². The summed E-state index contributed by atoms with van der Waals surface area (Å²) in [7, 11) is 1.48. The summed E-state index contributed by atoms with van der Waals surface area (Å²) < 4.78 is 5.18. The van der Waals surface area contributed by atoms with E-state index >= 15 is 0 Å². The smallest absolute Gasteiger partial charge is 0.267 e. The second-order valence-corrected chi connectivity index (χ2v) is 6.40. The number of carbonyl (C=O) groups is 1. The average molecular weight is 390 g/mol. The molecule has 0 aliphatic carbocycles. The van der Waals surface area contributed by atoms with Crippen molar-refractivity contribution in [2.45, 2.75) is 13.8 Å². The van der Waals surface area contributed by atoms with Crippen LogP contribution in [0, 0.1) is 25.2 Å². The van der Waals surface area contributed by atoms with Gasteiger partial charge in [-0.25, -0.2) is 0 Å². The maximum atomic E-state index is 12.4. The van der Waals surface area contributed by atoms with E-state index in [1.165, 1.54) is 13.3 Å². The first kappa shape index (κ1) is 19.6. The zero-order valence-corrected chi connectivity index (χ0v) is 16.0. The summed E-state index contributed by atoms with van der Waals surface area (Å²) in [4.78, 5) is 12.4. The first-order chi connectivity index (χ1) is 12.3. The number of benzene rings is 2. The zero-order chi connectivity index (χ0) is 19.3. The molecule has 0 unspecified atom stereocenters. The molecule has 0 aliphatic rings. The van der Waals surface area contributed by atoms with Crippen LogP contribution in [0.2, 0.25) is 10.0 Å². The minimum absolute atomic E-state index is 0.122. The Balaban J connectivity index is 2.23. The van der Waals surface area contributed by atoms with E-state index in [-0.39, 0.29) is 5.57 Å². The number of hydrogen-bond acceptors (Lipinski definition) is 4. The van der Waals surface area contributed by atoms with E-state index in [9.17, 15) is 10.1 Å². The summed E-state index contributed by atoms with van der Waals surface area (Å²) in [6, 6.07) is 10.4. The van der Waals surface area contributed by atoms with Gasteiger partial charge < -0.3 is 15.4 Å². The summed E-state index contributed by atoms with van der Waals surface area (Å²) in [5, 5.41) is 15.8. The quantitative estimate of drug-likeness (QED) is 0.552. The van der Waals surface area contributed by atoms with Crippen molar-refractivity contribution in [1.82, 2.24) is 0 Å². The lowest BCUT2D eigenvalue weighted by atomic mass is 10.1. The van der Waals surface area contributed by atoms with Gasteiger partial charge in [0, 0.05) is 11.2 Å². The molecule has 0 atom stereocenters. The molecule has 0 bridgehead atoms. The molecule has 1 amide bonds. The highest BCUT2D eigenvalue weighted by atomic mass is 35.5. The van der Waals surface area contributed by atoms with Gasteiger partial charge in [-0.2, -0.15) is 5.26 Å². The molecule has 7 heteroatoms. The highest BCUT2D eigenvalue weighted by Gasteiger charge is 2.13. The van der Waals surface area contributed by atoms with Gasteiger partial charge in [-0.05, 0) is 49.2 Å². The Labute approximate surface area is 162 Å². The molecule has 0 heterocycles. The fraction of sp³-hybridized carbons (Fsp3) is 0.158. The van der Waals surface area contributed by atoms with E-state index in [1.807, 2.05) is 26.0 Å². The molecule has 0 radical (unpaired) electrons. The highest BCUT2D eigenvalue weighted by Crippen LogP contribution is 2.29. The topological polar surface area (TPSA) is 74.1 Å². The summed E-state index contributed by atoms with van der Waals surface area (Å²) in [6.45, 7) is 3.82. The minimum atomic E-state index is -0.596. The van der Waals surface area contributed by atoms with Gasteiger partial charge in [-0.3, -0.25) is 4.79 Å². The number of nitrogens with one attached hydrogen (secondary N) is 2. The molecule has 0 aromatic heterocycles. The van der Waals surface area contributed by atoms with Gasteiger partial charge in [0.25, 0.3) is 5.91 Å². The number of hydrogen-bond donors (Lipinski definition) is 2. The molecule has 134 valence electrons. The number of halogens is 2. The van der Waals surface area contributed by atoms with Gasteiger partial charge in [0.05, 0.1) is 23.5 Å². The van der Waals surface area contributed by atoms with Crippen LogP contribution in [0.4, 0.5) is 11.4 Å². The lowest BCUT2D eigenvalue weighted by molar-refractivity contribution is -0.112. The summed E-state index contributed by atoms with van der Waals surface area (Å²) in [6.07, 6.45) is 1.32. The molecule has 0 saturated heterocycles. The van der Waals surface area contributed by atoms with Crippen molar-refractivity contribution in [3.05, 3.63) is 63.3 Å². The Morgan fingerprint density at radius 2 is 1.96 bits per heavy atom. The summed E-state index contributed by atoms with van der Waals surface area (Å²) >= 11 is 12.2. The Morgan fingerprint density at radius 1 is 1.23 bits per heavy atom. The second-order valence-electron chi connectivity index (χ2n) is 5.55. The van der Waals surface area contributed by atoms with E-state index in [4.69, 9.17) is 27.9 Å². The molecular formula is C19H17Cl2N3O2. The van der Waals surface area contributed by atoms with Gasteiger partial charge in [0.15, 0.2) is 0 Å². The second kappa shape index (κ2) is 8.61. The van der Waals surface area contributed by atoms with Crippen molar-refractivity contribution < 1.29 is 9.53 Å². The van der Waals surface area contributed by atoms with Gasteiger partial charge in [0.2, 0.25) is 0 Å². The van der Waals surface area contributed by atoms with Crippen molar-refractivity contribution in [2.75, 3.05) is 17.7 Å². The average Bonchev–Trinajstić information content (AvgIpc) is 2.57. The minimum Gasteiger partial charge on any atom is -0.495 e. The molecular weight excluding hydrogens is 373 g/mol. The maximum Gasteiger partial charge on any atom is 0.267 e. The summed E-state index contributed by atoms with van der Waals surface area (Å²) in [5.74, 6) is -0.160. The van der Waals surface area contributed by atoms with Crippen LogP contribution in [-0.4, -0.2) is 13.0 Å². The Morgan fingerprint density at radius 3 is 2.58 bits per heavy atom. The van der Waals surface area contributed by atoms with Crippen LogP contribution in [0.15, 0.2) is 42.1 Å². The van der Waals surface area contributed by atoms with Crippen LogP contribution in [0.5, 0.6) is 5.75 Å². The SMILES string of the molecule is COc1ccc(Cl)cc1NC(=O)/C(C#N)=C\Nc1c(C)cc(C)cc1Cl. The van der Waals surface area contributed by atoms with Crippen LogP contribution in [0.25, 0.3) is 0 Å². The number of anilines is 2. The number of amides is 1. The maximum absolute atomic E-state index is 12.4. The van der Waals surface area contributed by atoms with Crippen molar-refractivity contribution in [2.24, 2.45) is 0 Å². The van der Waals surface area contributed by atoms with Crippen LogP contribution in [0.1, 0.15) is 11.1 Å². The Hall–Kier alpha value is -2.68. The van der Waals surface area contributed by atoms with Crippen molar-refractivity contribution in [1.29, 1.82) is 5.26 Å². The van der Waals surface area contributed by atoms with Gasteiger partial charge in [-0.15, -0.1) is 0 Å². The molecule has 2 rings (SSSR count). The fourth-order valence-electron chi connectivity index (χ4n) is 2.36. The third-order valence-corrected chi connectivity index (χ3v) is 4.10. The monoisotopic (exact) mass is 389 g/mol. The number of methoxy groups -OCH3 is 1. The molecule has 2 aromatic carbocycles. The van der Waals surface area contributed by atoms with Crippen LogP contribution >= 0.6 is 23.2 Å². The zero-order valence-electron chi connectivity index (χ0n) is 14.5. The lowest BCUT2D eigenvalue weighted by Crippen LogP contribution is -2.15. The van der Waals surface area contributed by atoms with E-state index < -0.39 is 5.91 Å². The predicted octanol–water partition coefficient (Wildman–Crippen LogP) is 5.08. The first-order valence-electron chi connectivity index (χ1n) is 7.64. The fourth-order valence-corrected chi connectivity index (χ4v) is 2.91. The van der Waals surface area contributed by atoms with Crippen molar-refractivity contribution >= 4 is 40.5 Å².